The van der Waals surface area contributed by atoms with Gasteiger partial charge in [0.2, 0.25) is 0 Å². The molecule has 0 radical (unpaired) electrons. The van der Waals surface area contributed by atoms with E-state index < -0.39 is 11.8 Å². The van der Waals surface area contributed by atoms with E-state index in [4.69, 9.17) is 10.8 Å². The molecular weight excluding hydrogens is 163 g/mol. The van der Waals surface area contributed by atoms with E-state index in [0.29, 0.717) is 0 Å². The summed E-state index contributed by atoms with van der Waals surface area (Å²) in [6.07, 6.45) is -0.542. The van der Waals surface area contributed by atoms with Gasteiger partial charge in [0.1, 0.15) is 5.67 Å². The van der Waals surface area contributed by atoms with Crippen molar-refractivity contribution in [3.8, 4) is 0 Å². The molecule has 5 heteroatoms. The zero-order valence-corrected chi connectivity index (χ0v) is 6.79. The molecule has 0 aromatic rings. The average Bonchev–Trinajstić information content (AvgIpc) is 2.05. The highest BCUT2D eigenvalue weighted by atomic mass is 19.1. The van der Waals surface area contributed by atoms with E-state index in [1.54, 1.807) is 0 Å². The van der Waals surface area contributed by atoms with Gasteiger partial charge in [-0.1, -0.05) is 0 Å². The summed E-state index contributed by atoms with van der Waals surface area (Å²) in [5.74, 6) is 0. The first-order chi connectivity index (χ1) is 5.57. The van der Waals surface area contributed by atoms with Crippen molar-refractivity contribution in [2.75, 3.05) is 19.6 Å². The smallest absolute Gasteiger partial charge is 0.407 e. The van der Waals surface area contributed by atoms with Gasteiger partial charge in [-0.05, 0) is 0 Å². The summed E-state index contributed by atoms with van der Waals surface area (Å²) in [6.45, 7) is 0.493. The maximum absolute atomic E-state index is 13.4. The third kappa shape index (κ3) is 1.85. The van der Waals surface area contributed by atoms with Gasteiger partial charge in [-0.2, -0.15) is 0 Å². The minimum atomic E-state index is -1.34. The SMILES string of the molecule is NCC1(F)CCN(C(=O)O)CC1. The van der Waals surface area contributed by atoms with Crippen molar-refractivity contribution in [2.45, 2.75) is 18.5 Å². The fourth-order valence-corrected chi connectivity index (χ4v) is 1.30. The molecule has 1 saturated heterocycles. The van der Waals surface area contributed by atoms with Crippen molar-refractivity contribution in [3.63, 3.8) is 0 Å². The second-order valence-electron chi connectivity index (χ2n) is 3.12. The highest BCUT2D eigenvalue weighted by Gasteiger charge is 2.34. The Morgan fingerprint density at radius 1 is 1.58 bits per heavy atom. The number of nitrogens with zero attached hydrogens (tertiary/aromatic N) is 1. The van der Waals surface area contributed by atoms with E-state index in [-0.39, 0.29) is 32.5 Å². The maximum Gasteiger partial charge on any atom is 0.407 e. The number of carbonyl (C=O) groups is 1. The van der Waals surface area contributed by atoms with Crippen LogP contribution in [0.25, 0.3) is 0 Å². The fourth-order valence-electron chi connectivity index (χ4n) is 1.30. The predicted octanol–water partition coefficient (Wildman–Crippen LogP) is 0.427. The molecule has 3 N–H and O–H groups in total. The standard InChI is InChI=1S/C7H13FN2O2/c8-7(5-9)1-3-10(4-2-7)6(11)12/h1-5,9H2,(H,11,12). The monoisotopic (exact) mass is 176 g/mol. The van der Waals surface area contributed by atoms with Crippen LogP contribution in [0.3, 0.4) is 0 Å². The largest absolute Gasteiger partial charge is 0.465 e. The highest BCUT2D eigenvalue weighted by Crippen LogP contribution is 2.24. The van der Waals surface area contributed by atoms with E-state index in [0.717, 1.165) is 0 Å². The second kappa shape index (κ2) is 3.26. The Bertz CT molecular complexity index is 178. The third-order valence-electron chi connectivity index (χ3n) is 2.30. The zero-order valence-electron chi connectivity index (χ0n) is 6.79. The fraction of sp³-hybridized carbons (Fsp3) is 0.857. The molecule has 0 spiro atoms. The number of nitrogens with two attached hydrogens (primary N) is 1. The summed E-state index contributed by atoms with van der Waals surface area (Å²) in [5.41, 5.74) is 3.88. The Balaban J connectivity index is 2.44. The Labute approximate surface area is 70.1 Å². The van der Waals surface area contributed by atoms with E-state index in [1.807, 2.05) is 0 Å². The molecular formula is C7H13FN2O2. The number of likely N-dealkylation sites (tertiary alicyclic amines) is 1. The van der Waals surface area contributed by atoms with Crippen LogP contribution < -0.4 is 5.73 Å². The lowest BCUT2D eigenvalue weighted by atomic mass is 9.94. The summed E-state index contributed by atoms with van der Waals surface area (Å²) in [6, 6.07) is 0. The van der Waals surface area contributed by atoms with Gasteiger partial charge in [-0.15, -0.1) is 0 Å². The molecule has 0 bridgehead atoms. The van der Waals surface area contributed by atoms with Gasteiger partial charge in [0, 0.05) is 32.5 Å². The molecule has 1 fully saturated rings. The number of alkyl halides is 1. The second-order valence-corrected chi connectivity index (χ2v) is 3.12. The quantitative estimate of drug-likeness (QED) is 0.608. The maximum atomic E-state index is 13.4. The van der Waals surface area contributed by atoms with Crippen LogP contribution >= 0.6 is 0 Å². The van der Waals surface area contributed by atoms with Gasteiger partial charge >= 0.3 is 6.09 Å². The van der Waals surface area contributed by atoms with Crippen molar-refractivity contribution in [1.82, 2.24) is 4.90 Å². The van der Waals surface area contributed by atoms with Crippen molar-refractivity contribution in [2.24, 2.45) is 5.73 Å². The van der Waals surface area contributed by atoms with Gasteiger partial charge in [0.25, 0.3) is 0 Å². The molecule has 1 aliphatic rings. The van der Waals surface area contributed by atoms with Crippen LogP contribution in [0.5, 0.6) is 0 Å². The van der Waals surface area contributed by atoms with Crippen LogP contribution in [0.2, 0.25) is 0 Å². The van der Waals surface area contributed by atoms with E-state index in [1.165, 1.54) is 4.90 Å². The number of halogens is 1. The van der Waals surface area contributed by atoms with E-state index in [2.05, 4.69) is 0 Å². The molecule has 1 amide bonds. The van der Waals surface area contributed by atoms with Gasteiger partial charge in [-0.3, -0.25) is 0 Å². The molecule has 70 valence electrons. The normalized spacial score (nSPS) is 22.3. The Kier molecular flexibility index (Phi) is 2.52. The van der Waals surface area contributed by atoms with Gasteiger partial charge in [0.15, 0.2) is 0 Å². The lowest BCUT2D eigenvalue weighted by Crippen LogP contribution is -2.47. The summed E-state index contributed by atoms with van der Waals surface area (Å²) >= 11 is 0. The highest BCUT2D eigenvalue weighted by molar-refractivity contribution is 5.65. The molecule has 0 atom stereocenters. The summed E-state index contributed by atoms with van der Waals surface area (Å²) in [7, 11) is 0. The molecule has 4 nitrogen and oxygen atoms in total. The molecule has 0 unspecified atom stereocenters. The average molecular weight is 176 g/mol. The minimum absolute atomic E-state index is 0.0134. The summed E-state index contributed by atoms with van der Waals surface area (Å²) in [4.78, 5) is 11.6. The first-order valence-corrected chi connectivity index (χ1v) is 3.94. The number of hydrogen-bond acceptors (Lipinski definition) is 2. The molecule has 12 heavy (non-hydrogen) atoms. The van der Waals surface area contributed by atoms with Crippen LogP contribution in [-0.2, 0) is 0 Å². The van der Waals surface area contributed by atoms with Gasteiger partial charge < -0.3 is 15.7 Å². The summed E-state index contributed by atoms with van der Waals surface area (Å²) in [5, 5.41) is 8.55. The molecule has 1 heterocycles. The van der Waals surface area contributed by atoms with Crippen LogP contribution in [0.4, 0.5) is 9.18 Å². The van der Waals surface area contributed by atoms with E-state index in [9.17, 15) is 9.18 Å². The number of piperidine rings is 1. The topological polar surface area (TPSA) is 66.6 Å². The van der Waals surface area contributed by atoms with Crippen LogP contribution in [0.15, 0.2) is 0 Å². The molecule has 0 aliphatic carbocycles. The first kappa shape index (κ1) is 9.25. The number of amides is 1. The Hall–Kier alpha value is -0.840. The van der Waals surface area contributed by atoms with Crippen molar-refractivity contribution < 1.29 is 14.3 Å². The molecule has 1 aliphatic heterocycles. The van der Waals surface area contributed by atoms with Crippen molar-refractivity contribution in [3.05, 3.63) is 0 Å². The first-order valence-electron chi connectivity index (χ1n) is 3.94. The molecule has 0 aromatic heterocycles. The van der Waals surface area contributed by atoms with Crippen LogP contribution in [0, 0.1) is 0 Å². The Morgan fingerprint density at radius 3 is 2.42 bits per heavy atom. The molecule has 0 saturated carbocycles. The van der Waals surface area contributed by atoms with Gasteiger partial charge in [0.05, 0.1) is 0 Å². The van der Waals surface area contributed by atoms with Crippen molar-refractivity contribution >= 4 is 6.09 Å². The van der Waals surface area contributed by atoms with E-state index >= 15 is 0 Å². The molecule has 0 aromatic carbocycles. The van der Waals surface area contributed by atoms with Gasteiger partial charge in [-0.25, -0.2) is 9.18 Å². The lowest BCUT2D eigenvalue weighted by molar-refractivity contribution is 0.0630. The number of rotatable bonds is 1. The molecule has 1 rings (SSSR count). The summed E-state index contributed by atoms with van der Waals surface area (Å²) < 4.78 is 13.4. The minimum Gasteiger partial charge on any atom is -0.465 e. The zero-order chi connectivity index (χ0) is 9.19. The Morgan fingerprint density at radius 2 is 2.08 bits per heavy atom. The third-order valence-corrected chi connectivity index (χ3v) is 2.30. The predicted molar refractivity (Wildman–Crippen MR) is 41.7 cm³/mol. The van der Waals surface area contributed by atoms with Crippen LogP contribution in [0.1, 0.15) is 12.8 Å². The lowest BCUT2D eigenvalue weighted by Gasteiger charge is -2.33. The van der Waals surface area contributed by atoms with Crippen molar-refractivity contribution in [1.29, 1.82) is 0 Å². The van der Waals surface area contributed by atoms with Crippen LogP contribution in [-0.4, -0.2) is 41.4 Å². The number of carboxylic acid groups (broad SMARTS) is 1. The number of hydrogen-bond donors (Lipinski definition) is 2.